The minimum Gasteiger partial charge on any atom is -0.351 e. The largest absolute Gasteiger partial charge is 0.351 e. The Morgan fingerprint density at radius 2 is 1.90 bits per heavy atom. The van der Waals surface area contributed by atoms with Gasteiger partial charge in [0.1, 0.15) is 12.0 Å². The van der Waals surface area contributed by atoms with E-state index in [0.29, 0.717) is 17.3 Å². The predicted octanol–water partition coefficient (Wildman–Crippen LogP) is 1.11. The Morgan fingerprint density at radius 1 is 1.16 bits per heavy atom. The van der Waals surface area contributed by atoms with Crippen molar-refractivity contribution in [3.63, 3.8) is 0 Å². The first-order chi connectivity index (χ1) is 15.0. The highest BCUT2D eigenvalue weighted by molar-refractivity contribution is 6.40. The Balaban J connectivity index is 1.55. The van der Waals surface area contributed by atoms with E-state index in [1.54, 1.807) is 19.4 Å². The zero-order chi connectivity index (χ0) is 21.8. The van der Waals surface area contributed by atoms with Gasteiger partial charge in [-0.3, -0.25) is 15.0 Å². The van der Waals surface area contributed by atoms with Crippen molar-refractivity contribution < 1.29 is 9.59 Å². The molecule has 2 heterocycles. The molecule has 0 spiro atoms. The van der Waals surface area contributed by atoms with E-state index in [4.69, 9.17) is 5.41 Å². The van der Waals surface area contributed by atoms with E-state index in [2.05, 4.69) is 36.2 Å². The van der Waals surface area contributed by atoms with E-state index < -0.39 is 17.9 Å². The first-order valence-corrected chi connectivity index (χ1v) is 10.4. The summed E-state index contributed by atoms with van der Waals surface area (Å²) in [6, 6.07) is 3.09. The molecule has 2 fully saturated rings. The number of rotatable bonds is 10. The van der Waals surface area contributed by atoms with Crippen molar-refractivity contribution in [3.8, 4) is 0 Å². The summed E-state index contributed by atoms with van der Waals surface area (Å²) in [4.78, 5) is 38.1. The third-order valence-electron chi connectivity index (χ3n) is 5.19. The molecule has 2 amide bonds. The van der Waals surface area contributed by atoms with E-state index in [0.717, 1.165) is 31.4 Å². The summed E-state index contributed by atoms with van der Waals surface area (Å²) >= 11 is 0. The van der Waals surface area contributed by atoms with Crippen LogP contribution in [0.15, 0.2) is 30.9 Å². The number of anilines is 2. The van der Waals surface area contributed by atoms with Gasteiger partial charge in [0.2, 0.25) is 0 Å². The van der Waals surface area contributed by atoms with E-state index in [1.807, 2.05) is 12.1 Å². The highest BCUT2D eigenvalue weighted by Gasteiger charge is 2.31. The number of aromatic nitrogens is 3. The third-order valence-corrected chi connectivity index (χ3v) is 5.19. The molecule has 2 aromatic rings. The van der Waals surface area contributed by atoms with E-state index in [-0.39, 0.29) is 24.0 Å². The second kappa shape index (κ2) is 9.17. The molecular weight excluding hydrogens is 396 g/mol. The predicted molar refractivity (Wildman–Crippen MR) is 116 cm³/mol. The van der Waals surface area contributed by atoms with Crippen LogP contribution in [-0.2, 0) is 4.79 Å². The number of nitrogens with zero attached hydrogens (tertiary/aromatic N) is 3. The molecule has 2 saturated carbocycles. The molecule has 31 heavy (non-hydrogen) atoms. The van der Waals surface area contributed by atoms with Gasteiger partial charge in [-0.25, -0.2) is 15.0 Å². The minimum atomic E-state index is -0.782. The summed E-state index contributed by atoms with van der Waals surface area (Å²) in [5, 5.41) is 19.9. The third kappa shape index (κ3) is 5.40. The number of carbonyl (C=O) groups excluding carboxylic acids is 2. The van der Waals surface area contributed by atoms with Crippen molar-refractivity contribution in [2.75, 3.05) is 18.9 Å². The van der Waals surface area contributed by atoms with Crippen LogP contribution in [0.2, 0.25) is 0 Å². The zero-order valence-corrected chi connectivity index (χ0v) is 17.3. The molecule has 1 atom stereocenters. The van der Waals surface area contributed by atoms with Crippen molar-refractivity contribution in [3.05, 3.63) is 42.2 Å². The maximum absolute atomic E-state index is 13.2. The molecule has 0 saturated heterocycles. The Kier molecular flexibility index (Phi) is 6.17. The van der Waals surface area contributed by atoms with Crippen LogP contribution in [0, 0.1) is 5.41 Å². The van der Waals surface area contributed by atoms with Crippen LogP contribution >= 0.6 is 0 Å². The van der Waals surface area contributed by atoms with Gasteiger partial charge in [0.15, 0.2) is 5.69 Å². The molecule has 5 N–H and O–H groups in total. The molecule has 10 heteroatoms. The van der Waals surface area contributed by atoms with Gasteiger partial charge in [-0.05, 0) is 44.9 Å². The number of nitrogens with one attached hydrogen (secondary N) is 5. The van der Waals surface area contributed by atoms with Crippen LogP contribution in [0.3, 0.4) is 0 Å². The number of amides is 2. The molecule has 2 aliphatic rings. The van der Waals surface area contributed by atoms with Crippen LogP contribution in [0.25, 0.3) is 0 Å². The number of likely N-dealkylation sites (N-methyl/N-ethyl adjacent to an activating group) is 1. The van der Waals surface area contributed by atoms with Crippen molar-refractivity contribution in [2.24, 2.45) is 0 Å². The molecule has 2 aromatic heterocycles. The summed E-state index contributed by atoms with van der Waals surface area (Å²) in [6.07, 6.45) is 8.60. The lowest BCUT2D eigenvalue weighted by molar-refractivity contribution is -0.115. The molecule has 4 rings (SSSR count). The van der Waals surface area contributed by atoms with Gasteiger partial charge in [0, 0.05) is 24.2 Å². The van der Waals surface area contributed by atoms with Crippen LogP contribution in [0.4, 0.5) is 11.4 Å². The van der Waals surface area contributed by atoms with Gasteiger partial charge in [0.05, 0.1) is 29.8 Å². The fourth-order valence-corrected chi connectivity index (χ4v) is 3.18. The Hall–Kier alpha value is -3.40. The van der Waals surface area contributed by atoms with Gasteiger partial charge in [-0.15, -0.1) is 0 Å². The fraction of sp³-hybridized carbons (Fsp3) is 0.429. The van der Waals surface area contributed by atoms with Crippen LogP contribution in [-0.4, -0.2) is 58.2 Å². The van der Waals surface area contributed by atoms with Gasteiger partial charge in [-0.2, -0.15) is 0 Å². The maximum Gasteiger partial charge on any atom is 0.272 e. The van der Waals surface area contributed by atoms with Gasteiger partial charge < -0.3 is 21.3 Å². The molecule has 0 bridgehead atoms. The zero-order valence-electron chi connectivity index (χ0n) is 17.3. The first-order valence-electron chi connectivity index (χ1n) is 10.4. The minimum absolute atomic E-state index is 0.138. The van der Waals surface area contributed by atoms with Gasteiger partial charge in [0.25, 0.3) is 11.8 Å². The molecule has 0 aromatic carbocycles. The van der Waals surface area contributed by atoms with Crippen LogP contribution in [0.5, 0.6) is 0 Å². The molecule has 0 radical (unpaired) electrons. The fourth-order valence-electron chi connectivity index (χ4n) is 3.18. The van der Waals surface area contributed by atoms with Crippen molar-refractivity contribution >= 4 is 28.9 Å². The number of carbonyl (C=O) groups is 2. The Morgan fingerprint density at radius 3 is 2.55 bits per heavy atom. The lowest BCUT2D eigenvalue weighted by atomic mass is 10.1. The molecular formula is C21H26N8O2. The molecule has 162 valence electrons. The summed E-state index contributed by atoms with van der Waals surface area (Å²) in [5.41, 5.74) is 2.03. The molecule has 1 unspecified atom stereocenters. The highest BCUT2D eigenvalue weighted by atomic mass is 16.2. The summed E-state index contributed by atoms with van der Waals surface area (Å²) < 4.78 is 0. The molecule has 10 nitrogen and oxygen atoms in total. The molecule has 0 aliphatic heterocycles. The van der Waals surface area contributed by atoms with Crippen molar-refractivity contribution in [2.45, 2.75) is 43.7 Å². The van der Waals surface area contributed by atoms with Crippen LogP contribution in [0.1, 0.15) is 47.8 Å². The van der Waals surface area contributed by atoms with Gasteiger partial charge in [-0.1, -0.05) is 0 Å². The SMILES string of the molecule is CNCC(NC(=O)c1nc(C2CC2)ccc1Nc1cncnc1)C(=N)C(=O)NC1CC1. The quantitative estimate of drug-likeness (QED) is 0.361. The van der Waals surface area contributed by atoms with Crippen molar-refractivity contribution in [1.29, 1.82) is 5.41 Å². The lowest BCUT2D eigenvalue weighted by Crippen LogP contribution is -2.52. The van der Waals surface area contributed by atoms with E-state index in [9.17, 15) is 9.59 Å². The second-order valence-corrected chi connectivity index (χ2v) is 7.90. The van der Waals surface area contributed by atoms with Crippen LogP contribution < -0.4 is 21.3 Å². The second-order valence-electron chi connectivity index (χ2n) is 7.90. The standard InChI is InChI=1S/C21H26N8O2/c1-23-10-17(18(22)20(30)27-13-4-5-13)29-21(31)19-16(26-14-8-24-11-25-9-14)7-6-15(28-19)12-2-3-12/h6-9,11-13,17,22-23,26H,2-5,10H2,1H3,(H,27,30)(H,29,31). The van der Waals surface area contributed by atoms with Gasteiger partial charge >= 0.3 is 0 Å². The number of hydrogen-bond donors (Lipinski definition) is 5. The van der Waals surface area contributed by atoms with Crippen molar-refractivity contribution in [1.82, 2.24) is 30.9 Å². The average molecular weight is 422 g/mol. The highest BCUT2D eigenvalue weighted by Crippen LogP contribution is 2.39. The Bertz CT molecular complexity index is 973. The van der Waals surface area contributed by atoms with E-state index in [1.165, 1.54) is 6.33 Å². The summed E-state index contributed by atoms with van der Waals surface area (Å²) in [7, 11) is 1.71. The average Bonchev–Trinajstić information content (AvgIpc) is 3.68. The smallest absolute Gasteiger partial charge is 0.272 e. The monoisotopic (exact) mass is 422 g/mol. The number of pyridine rings is 1. The van der Waals surface area contributed by atoms with E-state index >= 15 is 0 Å². The normalized spacial score (nSPS) is 16.3. The summed E-state index contributed by atoms with van der Waals surface area (Å²) in [6.45, 7) is 0.250. The topological polar surface area (TPSA) is 145 Å². The lowest BCUT2D eigenvalue weighted by Gasteiger charge is -2.20. The first kappa shape index (κ1) is 20.9. The maximum atomic E-state index is 13.2. The molecule has 2 aliphatic carbocycles. The summed E-state index contributed by atoms with van der Waals surface area (Å²) in [5.74, 6) is -0.537. The Labute approximate surface area is 180 Å². The number of hydrogen-bond acceptors (Lipinski definition) is 8.